The van der Waals surface area contributed by atoms with Gasteiger partial charge in [0.2, 0.25) is 0 Å². The normalized spacial score (nSPS) is 46.4. The summed E-state index contributed by atoms with van der Waals surface area (Å²) >= 11 is 0. The lowest BCUT2D eigenvalue weighted by atomic mass is 10.1. The van der Waals surface area contributed by atoms with Crippen LogP contribution in [0.4, 0.5) is 0 Å². The number of hydrogen-bond acceptors (Lipinski definition) is 6. The molecule has 0 bridgehead atoms. The maximum absolute atomic E-state index is 10.2. The third-order valence-electron chi connectivity index (χ3n) is 2.23. The van der Waals surface area contributed by atoms with Crippen molar-refractivity contribution in [3.8, 4) is 0 Å². The summed E-state index contributed by atoms with van der Waals surface area (Å²) in [6.45, 7) is 0.327. The second-order valence-electron chi connectivity index (χ2n) is 3.09. The zero-order valence-electron chi connectivity index (χ0n) is 6.75. The molecular weight excluding hydrogens is 182 g/mol. The van der Waals surface area contributed by atoms with Gasteiger partial charge in [0.15, 0.2) is 6.10 Å². The van der Waals surface area contributed by atoms with Gasteiger partial charge in [0.1, 0.15) is 18.3 Å². The summed E-state index contributed by atoms with van der Waals surface area (Å²) in [5.41, 5.74) is 0. The fraction of sp³-hybridized carbons (Fsp3) is 1.00. The minimum absolute atomic E-state index is 0.151. The van der Waals surface area contributed by atoms with Crippen LogP contribution in [0.5, 0.6) is 0 Å². The number of quaternary nitrogens is 1. The van der Waals surface area contributed by atoms with E-state index in [1.165, 1.54) is 0 Å². The average molecular weight is 193 g/mol. The number of ether oxygens (including phenoxy) is 2. The average Bonchev–Trinajstić information content (AvgIpc) is 2.56. The second-order valence-corrected chi connectivity index (χ2v) is 3.09. The molecule has 7 nitrogen and oxygen atoms in total. The van der Waals surface area contributed by atoms with Gasteiger partial charge in [-0.25, -0.2) is 0 Å². The predicted molar refractivity (Wildman–Crippen MR) is 36.5 cm³/mol. The molecule has 3 N–H and O–H groups in total. The first kappa shape index (κ1) is 9.28. The van der Waals surface area contributed by atoms with E-state index < -0.39 is 29.8 Å². The summed E-state index contributed by atoms with van der Waals surface area (Å²) in [5, 5.41) is 26.5. The van der Waals surface area contributed by atoms with Crippen LogP contribution in [0.3, 0.4) is 0 Å². The fourth-order valence-electron chi connectivity index (χ4n) is 1.67. The van der Waals surface area contributed by atoms with E-state index in [0.29, 0.717) is 0 Å². The van der Waals surface area contributed by atoms with Gasteiger partial charge >= 0.3 is 0 Å². The molecule has 0 aromatic rings. The number of aliphatic hydroxyl groups is 1. The van der Waals surface area contributed by atoms with Crippen LogP contribution in [0, 0.1) is 5.21 Å². The third-order valence-corrected chi connectivity index (χ3v) is 2.23. The molecule has 5 unspecified atom stereocenters. The maximum atomic E-state index is 10.2. The van der Waals surface area contributed by atoms with E-state index in [1.807, 2.05) is 0 Å². The summed E-state index contributed by atoms with van der Waals surface area (Å²) in [6, 6.07) is 0. The van der Waals surface area contributed by atoms with Crippen molar-refractivity contribution >= 4 is 0 Å². The van der Waals surface area contributed by atoms with Crippen molar-refractivity contribution in [2.45, 2.75) is 24.4 Å². The molecule has 0 amide bonds. The topological polar surface area (TPSA) is 95.7 Å². The first-order chi connectivity index (χ1) is 6.18. The van der Waals surface area contributed by atoms with Crippen LogP contribution in [0.25, 0.3) is 0 Å². The molecule has 2 aliphatic rings. The molecule has 5 atom stereocenters. The summed E-state index contributed by atoms with van der Waals surface area (Å²) in [4.78, 5) is 4.53. The SMILES string of the molecule is [O-][NH+](O)OC1COC2C(O)COC12. The Morgan fingerprint density at radius 1 is 1.31 bits per heavy atom. The zero-order valence-corrected chi connectivity index (χ0v) is 6.75. The van der Waals surface area contributed by atoms with Gasteiger partial charge in [0.25, 0.3) is 0 Å². The number of aliphatic hydroxyl groups excluding tert-OH is 1. The Kier molecular flexibility index (Phi) is 2.47. The molecule has 0 radical (unpaired) electrons. The van der Waals surface area contributed by atoms with Gasteiger partial charge in [-0.2, -0.15) is 10.0 Å². The van der Waals surface area contributed by atoms with E-state index in [0.717, 1.165) is 0 Å². The standard InChI is InChI=1S/C6H11NO6/c8-3-1-11-6-4(13-7(9)10)2-12-5(3)6/h3-9H,1-2H2. The van der Waals surface area contributed by atoms with E-state index in [1.54, 1.807) is 0 Å². The van der Waals surface area contributed by atoms with E-state index in [4.69, 9.17) is 14.7 Å². The van der Waals surface area contributed by atoms with E-state index in [9.17, 15) is 10.3 Å². The van der Waals surface area contributed by atoms with Crippen LogP contribution in [0.15, 0.2) is 0 Å². The first-order valence-electron chi connectivity index (χ1n) is 3.99. The van der Waals surface area contributed by atoms with Gasteiger partial charge in [0, 0.05) is 0 Å². The van der Waals surface area contributed by atoms with Crippen molar-refractivity contribution in [2.24, 2.45) is 0 Å². The van der Waals surface area contributed by atoms with Gasteiger partial charge in [-0.05, 0) is 0 Å². The van der Waals surface area contributed by atoms with Gasteiger partial charge in [-0.3, -0.25) is 0 Å². The third kappa shape index (κ3) is 1.67. The van der Waals surface area contributed by atoms with Crippen molar-refractivity contribution in [3.05, 3.63) is 5.21 Å². The van der Waals surface area contributed by atoms with E-state index >= 15 is 0 Å². The summed E-state index contributed by atoms with van der Waals surface area (Å²) in [6.07, 6.45) is -2.18. The number of hydrogen-bond donors (Lipinski definition) is 3. The predicted octanol–water partition coefficient (Wildman–Crippen LogP) is -2.78. The highest BCUT2D eigenvalue weighted by Crippen LogP contribution is 2.27. The molecule has 0 saturated carbocycles. The van der Waals surface area contributed by atoms with Crippen LogP contribution < -0.4 is 5.39 Å². The Morgan fingerprint density at radius 3 is 2.69 bits per heavy atom. The van der Waals surface area contributed by atoms with Crippen LogP contribution in [-0.4, -0.2) is 47.9 Å². The highest BCUT2D eigenvalue weighted by molar-refractivity contribution is 4.94. The fourth-order valence-corrected chi connectivity index (χ4v) is 1.67. The second kappa shape index (κ2) is 3.46. The number of fused-ring (bicyclic) bond motifs is 1. The summed E-state index contributed by atoms with van der Waals surface area (Å²) < 4.78 is 10.3. The largest absolute Gasteiger partial charge is 0.566 e. The van der Waals surface area contributed by atoms with E-state index in [2.05, 4.69) is 4.84 Å². The molecule has 76 valence electrons. The molecule has 2 fully saturated rings. The highest BCUT2D eigenvalue weighted by Gasteiger charge is 2.49. The van der Waals surface area contributed by atoms with Gasteiger partial charge < -0.3 is 19.8 Å². The minimum Gasteiger partial charge on any atom is -0.566 e. The summed E-state index contributed by atoms with van der Waals surface area (Å²) in [7, 11) is 0. The van der Waals surface area contributed by atoms with Gasteiger partial charge in [-0.1, -0.05) is 5.39 Å². The molecule has 2 saturated heterocycles. The maximum Gasteiger partial charge on any atom is 0.173 e. The quantitative estimate of drug-likeness (QED) is 0.410. The van der Waals surface area contributed by atoms with Crippen molar-refractivity contribution < 1.29 is 30.0 Å². The molecule has 0 aliphatic carbocycles. The molecule has 13 heavy (non-hydrogen) atoms. The molecule has 2 heterocycles. The lowest BCUT2D eigenvalue weighted by Crippen LogP contribution is -3.04. The van der Waals surface area contributed by atoms with Crippen LogP contribution in [-0.2, 0) is 14.3 Å². The molecule has 2 aliphatic heterocycles. The van der Waals surface area contributed by atoms with Crippen molar-refractivity contribution in [1.82, 2.24) is 0 Å². The number of rotatable bonds is 2. The van der Waals surface area contributed by atoms with Crippen molar-refractivity contribution in [2.75, 3.05) is 13.2 Å². The van der Waals surface area contributed by atoms with Crippen LogP contribution in [0.1, 0.15) is 0 Å². The van der Waals surface area contributed by atoms with Gasteiger partial charge in [0.05, 0.1) is 13.2 Å². The Morgan fingerprint density at radius 2 is 2.00 bits per heavy atom. The monoisotopic (exact) mass is 193 g/mol. The Hall–Kier alpha value is -0.280. The smallest absolute Gasteiger partial charge is 0.173 e. The lowest BCUT2D eigenvalue weighted by molar-refractivity contribution is -1.21. The minimum atomic E-state index is -1.35. The lowest BCUT2D eigenvalue weighted by Gasteiger charge is -2.18. The van der Waals surface area contributed by atoms with Crippen molar-refractivity contribution in [3.63, 3.8) is 0 Å². The molecular formula is C6H11NO6. The number of nitrogens with one attached hydrogen (secondary N) is 1. The molecule has 0 spiro atoms. The Labute approximate surface area is 73.9 Å². The van der Waals surface area contributed by atoms with Crippen LogP contribution in [0.2, 0.25) is 0 Å². The molecule has 0 aromatic carbocycles. The molecule has 2 rings (SSSR count). The first-order valence-corrected chi connectivity index (χ1v) is 3.99. The van der Waals surface area contributed by atoms with Crippen molar-refractivity contribution in [1.29, 1.82) is 0 Å². The van der Waals surface area contributed by atoms with Gasteiger partial charge in [-0.15, -0.1) is 0 Å². The highest BCUT2D eigenvalue weighted by atomic mass is 17.1. The Balaban J connectivity index is 1.94. The van der Waals surface area contributed by atoms with E-state index in [-0.39, 0.29) is 13.2 Å². The molecule has 7 heteroatoms. The van der Waals surface area contributed by atoms with Crippen LogP contribution >= 0.6 is 0 Å². The Bertz CT molecular complexity index is 188. The zero-order chi connectivity index (χ0) is 9.42. The summed E-state index contributed by atoms with van der Waals surface area (Å²) in [5.74, 6) is 0. The molecule has 0 aromatic heterocycles.